The van der Waals surface area contributed by atoms with Gasteiger partial charge in [-0.15, -0.1) is 0 Å². The Morgan fingerprint density at radius 3 is 2.68 bits per heavy atom. The van der Waals surface area contributed by atoms with Gasteiger partial charge in [0.2, 0.25) is 0 Å². The van der Waals surface area contributed by atoms with Gasteiger partial charge in [-0.25, -0.2) is 0 Å². The molecule has 0 radical (unpaired) electrons. The first-order chi connectivity index (χ1) is 13.6. The van der Waals surface area contributed by atoms with Crippen LogP contribution in [0.3, 0.4) is 0 Å². The van der Waals surface area contributed by atoms with Crippen molar-refractivity contribution in [3.8, 4) is 5.75 Å². The van der Waals surface area contributed by atoms with Gasteiger partial charge in [0.1, 0.15) is 12.4 Å². The minimum atomic E-state index is 0.687. The van der Waals surface area contributed by atoms with E-state index in [-0.39, 0.29) is 0 Å². The number of ether oxygens (including phenoxy) is 1. The van der Waals surface area contributed by atoms with Gasteiger partial charge in [0.05, 0.1) is 0 Å². The number of benzene rings is 1. The summed E-state index contributed by atoms with van der Waals surface area (Å²) in [5.41, 5.74) is 1.15. The third kappa shape index (κ3) is 8.48. The van der Waals surface area contributed by atoms with Crippen molar-refractivity contribution in [1.29, 1.82) is 0 Å². The van der Waals surface area contributed by atoms with Crippen molar-refractivity contribution in [2.75, 3.05) is 60.5 Å². The van der Waals surface area contributed by atoms with Crippen LogP contribution in [0.15, 0.2) is 29.3 Å². The summed E-state index contributed by atoms with van der Waals surface area (Å²) >= 11 is 0. The SMILES string of the molecule is CN=C(NCCCN1CCC(C)CC1)NCc1ccccc1OCCN(C)C. The van der Waals surface area contributed by atoms with Crippen LogP contribution >= 0.6 is 0 Å². The molecule has 0 aliphatic carbocycles. The first kappa shape index (κ1) is 22.5. The number of nitrogens with one attached hydrogen (secondary N) is 2. The van der Waals surface area contributed by atoms with Crippen molar-refractivity contribution >= 4 is 5.96 Å². The maximum absolute atomic E-state index is 5.94. The van der Waals surface area contributed by atoms with Gasteiger partial charge in [-0.1, -0.05) is 25.1 Å². The number of likely N-dealkylation sites (tertiary alicyclic amines) is 1. The van der Waals surface area contributed by atoms with Crippen LogP contribution in [-0.4, -0.2) is 76.2 Å². The first-order valence-electron chi connectivity index (χ1n) is 10.6. The number of aliphatic imine (C=N–C) groups is 1. The van der Waals surface area contributed by atoms with Crippen LogP contribution in [0.4, 0.5) is 0 Å². The van der Waals surface area contributed by atoms with E-state index in [1.165, 1.54) is 32.5 Å². The molecule has 6 heteroatoms. The average molecular weight is 390 g/mol. The Bertz CT molecular complexity index is 582. The molecule has 1 heterocycles. The minimum Gasteiger partial charge on any atom is -0.492 e. The monoisotopic (exact) mass is 389 g/mol. The molecule has 1 aliphatic rings. The molecule has 0 unspecified atom stereocenters. The molecule has 2 N–H and O–H groups in total. The van der Waals surface area contributed by atoms with E-state index in [1.54, 1.807) is 0 Å². The Kier molecular flexibility index (Phi) is 10.1. The van der Waals surface area contributed by atoms with Crippen molar-refractivity contribution < 1.29 is 4.74 Å². The van der Waals surface area contributed by atoms with Crippen molar-refractivity contribution in [1.82, 2.24) is 20.4 Å². The van der Waals surface area contributed by atoms with Crippen LogP contribution in [-0.2, 0) is 6.54 Å². The van der Waals surface area contributed by atoms with Gasteiger partial charge in [0.15, 0.2) is 5.96 Å². The summed E-state index contributed by atoms with van der Waals surface area (Å²) in [7, 11) is 5.93. The van der Waals surface area contributed by atoms with Crippen LogP contribution in [0.2, 0.25) is 0 Å². The molecule has 0 aromatic heterocycles. The predicted octanol–water partition coefficient (Wildman–Crippen LogP) is 2.41. The highest BCUT2D eigenvalue weighted by Crippen LogP contribution is 2.18. The second-order valence-electron chi connectivity index (χ2n) is 7.99. The molecule has 2 rings (SSSR count). The second kappa shape index (κ2) is 12.6. The molecule has 0 amide bonds. The third-order valence-electron chi connectivity index (χ3n) is 5.26. The molecule has 158 valence electrons. The van der Waals surface area contributed by atoms with Crippen LogP contribution in [0.1, 0.15) is 31.7 Å². The lowest BCUT2D eigenvalue weighted by Gasteiger charge is -2.30. The molecule has 1 aliphatic heterocycles. The summed E-state index contributed by atoms with van der Waals surface area (Å²) < 4.78 is 5.94. The minimum absolute atomic E-state index is 0.687. The Labute approximate surface area is 171 Å². The lowest BCUT2D eigenvalue weighted by Crippen LogP contribution is -2.39. The Hall–Kier alpha value is -1.79. The highest BCUT2D eigenvalue weighted by molar-refractivity contribution is 5.79. The van der Waals surface area contributed by atoms with E-state index in [2.05, 4.69) is 52.5 Å². The second-order valence-corrected chi connectivity index (χ2v) is 7.99. The van der Waals surface area contributed by atoms with Gasteiger partial charge in [0.25, 0.3) is 0 Å². The Balaban J connectivity index is 1.69. The smallest absolute Gasteiger partial charge is 0.191 e. The van der Waals surface area contributed by atoms with Gasteiger partial charge in [0, 0.05) is 32.2 Å². The highest BCUT2D eigenvalue weighted by Gasteiger charge is 2.14. The molecule has 1 saturated heterocycles. The van der Waals surface area contributed by atoms with Crippen molar-refractivity contribution in [3.63, 3.8) is 0 Å². The lowest BCUT2D eigenvalue weighted by atomic mass is 9.99. The van der Waals surface area contributed by atoms with Crippen LogP contribution < -0.4 is 15.4 Å². The van der Waals surface area contributed by atoms with Crippen LogP contribution in [0.25, 0.3) is 0 Å². The summed E-state index contributed by atoms with van der Waals surface area (Å²) in [6.07, 6.45) is 3.82. The van der Waals surface area contributed by atoms with Gasteiger partial charge in [-0.3, -0.25) is 4.99 Å². The Morgan fingerprint density at radius 2 is 1.96 bits per heavy atom. The van der Waals surface area contributed by atoms with E-state index in [4.69, 9.17) is 4.74 Å². The van der Waals surface area contributed by atoms with E-state index in [0.717, 1.165) is 42.7 Å². The fourth-order valence-electron chi connectivity index (χ4n) is 3.32. The van der Waals surface area contributed by atoms with Crippen LogP contribution in [0, 0.1) is 5.92 Å². The molecular weight excluding hydrogens is 350 g/mol. The molecule has 0 spiro atoms. The summed E-state index contributed by atoms with van der Waals surface area (Å²) in [6, 6.07) is 8.19. The van der Waals surface area contributed by atoms with Crippen molar-refractivity contribution in [2.45, 2.75) is 32.7 Å². The van der Waals surface area contributed by atoms with E-state index in [9.17, 15) is 0 Å². The number of piperidine rings is 1. The zero-order chi connectivity index (χ0) is 20.2. The van der Waals surface area contributed by atoms with E-state index in [1.807, 2.05) is 25.2 Å². The predicted molar refractivity (Wildman–Crippen MR) is 118 cm³/mol. The summed E-state index contributed by atoms with van der Waals surface area (Å²) in [6.45, 7) is 9.25. The topological polar surface area (TPSA) is 52.1 Å². The van der Waals surface area contributed by atoms with E-state index < -0.39 is 0 Å². The van der Waals surface area contributed by atoms with E-state index in [0.29, 0.717) is 13.2 Å². The zero-order valence-corrected chi connectivity index (χ0v) is 18.2. The quantitative estimate of drug-likeness (QED) is 0.366. The molecule has 1 fully saturated rings. The number of para-hydroxylation sites is 1. The molecule has 0 atom stereocenters. The van der Waals surface area contributed by atoms with E-state index >= 15 is 0 Å². The van der Waals surface area contributed by atoms with Crippen molar-refractivity contribution in [3.05, 3.63) is 29.8 Å². The fourth-order valence-corrected chi connectivity index (χ4v) is 3.32. The third-order valence-corrected chi connectivity index (χ3v) is 5.26. The van der Waals surface area contributed by atoms with Crippen LogP contribution in [0.5, 0.6) is 5.75 Å². The summed E-state index contributed by atoms with van der Waals surface area (Å²) in [4.78, 5) is 9.05. The largest absolute Gasteiger partial charge is 0.492 e. The Morgan fingerprint density at radius 1 is 1.21 bits per heavy atom. The number of likely N-dealkylation sites (N-methyl/N-ethyl adjacent to an activating group) is 1. The van der Waals surface area contributed by atoms with Crippen molar-refractivity contribution in [2.24, 2.45) is 10.9 Å². The number of rotatable bonds is 10. The molecule has 0 saturated carbocycles. The van der Waals surface area contributed by atoms with Gasteiger partial charge >= 0.3 is 0 Å². The van der Waals surface area contributed by atoms with Gasteiger partial charge in [-0.05, 0) is 65.0 Å². The number of hydrogen-bond acceptors (Lipinski definition) is 4. The molecule has 0 bridgehead atoms. The lowest BCUT2D eigenvalue weighted by molar-refractivity contribution is 0.191. The molecule has 1 aromatic rings. The number of guanidine groups is 1. The van der Waals surface area contributed by atoms with Gasteiger partial charge in [-0.2, -0.15) is 0 Å². The standard InChI is InChI=1S/C22H39N5O/c1-19-10-14-27(15-11-19)13-7-12-24-22(23-2)25-18-20-8-5-6-9-21(20)28-17-16-26(3)4/h5-6,8-9,19H,7,10-18H2,1-4H3,(H2,23,24,25). The summed E-state index contributed by atoms with van der Waals surface area (Å²) in [5, 5.41) is 6.83. The normalized spacial score (nSPS) is 16.4. The maximum atomic E-state index is 5.94. The average Bonchev–Trinajstić information content (AvgIpc) is 2.69. The molecule has 6 nitrogen and oxygen atoms in total. The highest BCUT2D eigenvalue weighted by atomic mass is 16.5. The molecule has 1 aromatic carbocycles. The molecule has 28 heavy (non-hydrogen) atoms. The fraction of sp³-hybridized carbons (Fsp3) is 0.682. The summed E-state index contributed by atoms with van der Waals surface area (Å²) in [5.74, 6) is 2.68. The molecular formula is C22H39N5O. The maximum Gasteiger partial charge on any atom is 0.191 e. The van der Waals surface area contributed by atoms with Gasteiger partial charge < -0.3 is 25.2 Å². The number of nitrogens with zero attached hydrogens (tertiary/aromatic N) is 3. The number of hydrogen-bond donors (Lipinski definition) is 2. The zero-order valence-electron chi connectivity index (χ0n) is 18.2. The first-order valence-corrected chi connectivity index (χ1v) is 10.6.